The van der Waals surface area contributed by atoms with Gasteiger partial charge in [-0.05, 0) is 5.56 Å². The summed E-state index contributed by atoms with van der Waals surface area (Å²) in [4.78, 5) is 0. The van der Waals surface area contributed by atoms with Gasteiger partial charge in [-0.2, -0.15) is 9.52 Å². The number of nitrogens with zero attached hydrogens (tertiary/aromatic N) is 2. The van der Waals surface area contributed by atoms with Crippen LogP contribution in [0.4, 0.5) is 0 Å². The summed E-state index contributed by atoms with van der Waals surface area (Å²) >= 11 is 0. The number of rotatable bonds is 4. The molecule has 0 unspecified atom stereocenters. The maximum absolute atomic E-state index is 12.7. The molecule has 0 fully saturated rings. The third-order valence-electron chi connectivity index (χ3n) is 2.94. The van der Waals surface area contributed by atoms with Gasteiger partial charge in [-0.1, -0.05) is 24.3 Å². The standard InChI is InChI=1S/C11H15N2O5PS/c1-17-19(14,18-2)11-10-7-5-4-6-9(10)8-12-13(11)20(3,15)16/h4-8,11H,1-3H3/t11-/m0/s1. The van der Waals surface area contributed by atoms with Gasteiger partial charge in [0.15, 0.2) is 5.78 Å². The van der Waals surface area contributed by atoms with Crippen molar-refractivity contribution < 1.29 is 22.0 Å². The van der Waals surface area contributed by atoms with Crippen LogP contribution in [0.3, 0.4) is 0 Å². The van der Waals surface area contributed by atoms with Crippen LogP contribution in [0.5, 0.6) is 0 Å². The molecule has 0 amide bonds. The lowest BCUT2D eigenvalue weighted by molar-refractivity contribution is 0.238. The Kier molecular flexibility index (Phi) is 4.02. The third kappa shape index (κ3) is 2.52. The summed E-state index contributed by atoms with van der Waals surface area (Å²) in [5, 5.41) is 3.87. The average molecular weight is 318 g/mol. The van der Waals surface area contributed by atoms with Crippen LogP contribution in [0.2, 0.25) is 0 Å². The minimum atomic E-state index is -3.72. The summed E-state index contributed by atoms with van der Waals surface area (Å²) in [6, 6.07) is 6.93. The molecule has 1 heterocycles. The average Bonchev–Trinajstić information content (AvgIpc) is 2.44. The first-order chi connectivity index (χ1) is 9.33. The molecule has 0 spiro atoms. The molecule has 0 saturated heterocycles. The van der Waals surface area contributed by atoms with Gasteiger partial charge < -0.3 is 9.05 Å². The Morgan fingerprint density at radius 1 is 1.25 bits per heavy atom. The van der Waals surface area contributed by atoms with Gasteiger partial charge in [-0.3, -0.25) is 4.57 Å². The summed E-state index contributed by atoms with van der Waals surface area (Å²) in [5.74, 6) is -1.13. The number of hydrogen-bond donors (Lipinski definition) is 0. The van der Waals surface area contributed by atoms with E-state index in [1.54, 1.807) is 24.3 Å². The van der Waals surface area contributed by atoms with Crippen LogP contribution >= 0.6 is 7.60 Å². The molecule has 20 heavy (non-hydrogen) atoms. The third-order valence-corrected chi connectivity index (χ3v) is 6.20. The van der Waals surface area contributed by atoms with Crippen LogP contribution in [-0.2, 0) is 23.6 Å². The van der Waals surface area contributed by atoms with E-state index >= 15 is 0 Å². The number of benzene rings is 1. The van der Waals surface area contributed by atoms with Gasteiger partial charge in [0, 0.05) is 19.8 Å². The van der Waals surface area contributed by atoms with Crippen LogP contribution in [0.1, 0.15) is 16.9 Å². The van der Waals surface area contributed by atoms with Gasteiger partial charge in [0.05, 0.1) is 12.5 Å². The Labute approximate surface area is 117 Å². The van der Waals surface area contributed by atoms with Crippen LogP contribution in [0, 0.1) is 0 Å². The smallest absolute Gasteiger partial charge is 0.310 e. The fourth-order valence-corrected chi connectivity index (χ4v) is 4.98. The summed E-state index contributed by atoms with van der Waals surface area (Å²) in [6.07, 6.45) is 2.39. The van der Waals surface area contributed by atoms with E-state index in [0.29, 0.717) is 11.1 Å². The maximum atomic E-state index is 12.7. The largest absolute Gasteiger partial charge is 0.359 e. The fraction of sp³-hybridized carbons (Fsp3) is 0.364. The Morgan fingerprint density at radius 3 is 2.40 bits per heavy atom. The van der Waals surface area contributed by atoms with Crippen molar-refractivity contribution in [3.05, 3.63) is 35.4 Å². The van der Waals surface area contributed by atoms with Crippen molar-refractivity contribution in [3.63, 3.8) is 0 Å². The van der Waals surface area contributed by atoms with Gasteiger partial charge in [0.2, 0.25) is 10.0 Å². The first-order valence-electron chi connectivity index (χ1n) is 5.67. The highest BCUT2D eigenvalue weighted by atomic mass is 32.2. The molecular weight excluding hydrogens is 303 g/mol. The monoisotopic (exact) mass is 318 g/mol. The van der Waals surface area contributed by atoms with E-state index in [2.05, 4.69) is 5.10 Å². The molecule has 0 saturated carbocycles. The summed E-state index contributed by atoms with van der Waals surface area (Å²) in [7, 11) is -5.00. The molecule has 0 bridgehead atoms. The number of hydrazone groups is 1. The van der Waals surface area contributed by atoms with Gasteiger partial charge in [-0.15, -0.1) is 0 Å². The highest BCUT2D eigenvalue weighted by Crippen LogP contribution is 2.62. The SMILES string of the molecule is COP(=O)(OC)[C@H]1c2ccccc2C=NN1S(C)(=O)=O. The van der Waals surface area contributed by atoms with Crippen LogP contribution in [-0.4, -0.2) is 39.5 Å². The van der Waals surface area contributed by atoms with E-state index < -0.39 is 23.4 Å². The highest BCUT2D eigenvalue weighted by Gasteiger charge is 2.46. The molecule has 1 aliphatic heterocycles. The highest BCUT2D eigenvalue weighted by molar-refractivity contribution is 7.88. The molecule has 1 aliphatic rings. The van der Waals surface area contributed by atoms with Crippen molar-refractivity contribution in [2.24, 2.45) is 5.10 Å². The molecule has 0 aromatic heterocycles. The fourth-order valence-electron chi connectivity index (χ4n) is 2.00. The molecule has 0 N–H and O–H groups in total. The minimum absolute atomic E-state index is 0.528. The molecular formula is C11H15N2O5PS. The molecule has 7 nitrogen and oxygen atoms in total. The number of fused-ring (bicyclic) bond motifs is 1. The van der Waals surface area contributed by atoms with Crippen LogP contribution in [0.25, 0.3) is 0 Å². The van der Waals surface area contributed by atoms with Gasteiger partial charge in [0.1, 0.15) is 0 Å². The topological polar surface area (TPSA) is 85.3 Å². The summed E-state index contributed by atoms with van der Waals surface area (Å²) in [6.45, 7) is 0. The molecule has 1 atom stereocenters. The van der Waals surface area contributed by atoms with Crippen molar-refractivity contribution in [3.8, 4) is 0 Å². The molecule has 1 aromatic rings. The van der Waals surface area contributed by atoms with Crippen molar-refractivity contribution >= 4 is 23.8 Å². The molecule has 0 aliphatic carbocycles. The van der Waals surface area contributed by atoms with E-state index in [1.807, 2.05) is 0 Å². The quantitative estimate of drug-likeness (QED) is 0.790. The Bertz CT molecular complexity index is 680. The second-order valence-corrected chi connectivity index (χ2v) is 8.33. The normalized spacial score (nSPS) is 18.9. The second kappa shape index (κ2) is 5.29. The predicted octanol–water partition coefficient (Wildman–Crippen LogP) is 1.78. The molecule has 1 aromatic carbocycles. The second-order valence-electron chi connectivity index (χ2n) is 4.19. The van der Waals surface area contributed by atoms with Gasteiger partial charge in [0.25, 0.3) is 0 Å². The van der Waals surface area contributed by atoms with Crippen molar-refractivity contribution in [1.82, 2.24) is 4.41 Å². The van der Waals surface area contributed by atoms with Crippen molar-refractivity contribution in [2.75, 3.05) is 20.5 Å². The van der Waals surface area contributed by atoms with Gasteiger partial charge >= 0.3 is 7.60 Å². The van der Waals surface area contributed by atoms with Crippen molar-refractivity contribution in [2.45, 2.75) is 5.78 Å². The Hall–Kier alpha value is -1.21. The summed E-state index contributed by atoms with van der Waals surface area (Å²) in [5.41, 5.74) is 1.20. The molecule has 2 rings (SSSR count). The number of hydrogen-bond acceptors (Lipinski definition) is 6. The zero-order valence-electron chi connectivity index (χ0n) is 11.3. The first kappa shape index (κ1) is 15.2. The molecule has 110 valence electrons. The zero-order valence-corrected chi connectivity index (χ0v) is 13.0. The lowest BCUT2D eigenvalue weighted by atomic mass is 10.1. The minimum Gasteiger partial charge on any atom is -0.310 e. The summed E-state index contributed by atoms with van der Waals surface area (Å²) < 4.78 is 47.1. The first-order valence-corrected chi connectivity index (χ1v) is 9.13. The van der Waals surface area contributed by atoms with E-state index in [0.717, 1.165) is 10.7 Å². The van der Waals surface area contributed by atoms with Crippen molar-refractivity contribution in [1.29, 1.82) is 0 Å². The van der Waals surface area contributed by atoms with E-state index in [1.165, 1.54) is 20.4 Å². The Balaban J connectivity index is 2.68. The van der Waals surface area contributed by atoms with Crippen LogP contribution in [0.15, 0.2) is 29.4 Å². The maximum Gasteiger partial charge on any atom is 0.359 e. The number of sulfonamides is 1. The molecule has 9 heteroatoms. The van der Waals surface area contributed by atoms with Gasteiger partial charge in [-0.25, -0.2) is 8.42 Å². The van der Waals surface area contributed by atoms with E-state index in [-0.39, 0.29) is 0 Å². The predicted molar refractivity (Wildman–Crippen MR) is 75.1 cm³/mol. The van der Waals surface area contributed by atoms with E-state index in [9.17, 15) is 13.0 Å². The van der Waals surface area contributed by atoms with E-state index in [4.69, 9.17) is 9.05 Å². The molecule has 0 radical (unpaired) electrons. The Morgan fingerprint density at radius 2 is 1.85 bits per heavy atom. The van der Waals surface area contributed by atoms with Crippen LogP contribution < -0.4 is 0 Å². The lowest BCUT2D eigenvalue weighted by Crippen LogP contribution is -2.33. The lowest BCUT2D eigenvalue weighted by Gasteiger charge is -2.34. The zero-order chi connectivity index (χ0) is 15.0.